The van der Waals surface area contributed by atoms with Gasteiger partial charge in [-0.15, -0.1) is 0 Å². The fraction of sp³-hybridized carbons (Fsp3) is 0.154. The molecular weight excluding hydrogens is 230 g/mol. The van der Waals surface area contributed by atoms with Gasteiger partial charge < -0.3 is 9.40 Å². The van der Waals surface area contributed by atoms with Gasteiger partial charge in [-0.3, -0.25) is 0 Å². The van der Waals surface area contributed by atoms with Crippen LogP contribution in [0.15, 0.2) is 41.8 Å². The summed E-state index contributed by atoms with van der Waals surface area (Å²) >= 11 is 0. The maximum absolute atomic E-state index is 11.6. The lowest BCUT2D eigenvalue weighted by molar-refractivity contribution is 0.0501. The summed E-state index contributed by atoms with van der Waals surface area (Å²) in [5.74, 6) is -0.359. The molecule has 0 aliphatic carbocycles. The minimum absolute atomic E-state index is 0.219. The van der Waals surface area contributed by atoms with Crippen LogP contribution in [0.5, 0.6) is 0 Å². The zero-order valence-electron chi connectivity index (χ0n) is 10.2. The van der Waals surface area contributed by atoms with E-state index < -0.39 is 5.97 Å². The Morgan fingerprint density at radius 1 is 1.50 bits per heavy atom. The van der Waals surface area contributed by atoms with Crippen molar-refractivity contribution >= 4 is 12.2 Å². The fourth-order valence-electron chi connectivity index (χ4n) is 1.49. The average Bonchev–Trinajstić information content (AvgIpc) is 2.75. The Bertz CT molecular complexity index is 587. The molecule has 2 rings (SSSR count). The van der Waals surface area contributed by atoms with Crippen molar-refractivity contribution in [1.29, 1.82) is 0 Å². The highest BCUT2D eigenvalue weighted by Crippen LogP contribution is 2.02. The minimum Gasteiger partial charge on any atom is -0.328 e. The molecule has 92 valence electrons. The number of hydrogen-bond donors (Lipinski definition) is 0. The van der Waals surface area contributed by atoms with E-state index in [-0.39, 0.29) is 5.82 Å². The predicted molar refractivity (Wildman–Crippen MR) is 67.4 cm³/mol. The molecule has 5 nitrogen and oxygen atoms in total. The van der Waals surface area contributed by atoms with E-state index in [1.54, 1.807) is 17.8 Å². The predicted octanol–water partition coefficient (Wildman–Crippen LogP) is 1.92. The summed E-state index contributed by atoms with van der Waals surface area (Å²) < 4.78 is 1.57. The number of oxime groups is 1. The van der Waals surface area contributed by atoms with Crippen molar-refractivity contribution in [2.75, 3.05) is 0 Å². The third-order valence-corrected chi connectivity index (χ3v) is 2.38. The van der Waals surface area contributed by atoms with Gasteiger partial charge in [0.2, 0.25) is 5.82 Å². The normalized spacial score (nSPS) is 10.8. The summed E-state index contributed by atoms with van der Waals surface area (Å²) in [5.41, 5.74) is 2.00. The molecule has 0 radical (unpaired) electrons. The summed E-state index contributed by atoms with van der Waals surface area (Å²) in [4.78, 5) is 20.2. The van der Waals surface area contributed by atoms with Gasteiger partial charge in [-0.25, -0.2) is 9.78 Å². The molecule has 0 saturated carbocycles. The number of imidazole rings is 1. The van der Waals surface area contributed by atoms with Crippen molar-refractivity contribution in [3.05, 3.63) is 53.6 Å². The van der Waals surface area contributed by atoms with E-state index in [9.17, 15) is 4.79 Å². The molecule has 18 heavy (non-hydrogen) atoms. The van der Waals surface area contributed by atoms with Crippen LogP contribution in [0.1, 0.15) is 21.7 Å². The van der Waals surface area contributed by atoms with Crippen molar-refractivity contribution in [2.45, 2.75) is 6.92 Å². The first-order valence-electron chi connectivity index (χ1n) is 5.45. The molecule has 0 aliphatic rings. The van der Waals surface area contributed by atoms with Gasteiger partial charge in [-0.05, 0) is 12.5 Å². The van der Waals surface area contributed by atoms with Crippen molar-refractivity contribution in [2.24, 2.45) is 12.2 Å². The van der Waals surface area contributed by atoms with Crippen LogP contribution in [-0.4, -0.2) is 21.7 Å². The van der Waals surface area contributed by atoms with Gasteiger partial charge in [-0.2, -0.15) is 0 Å². The monoisotopic (exact) mass is 243 g/mol. The molecule has 0 N–H and O–H groups in total. The van der Waals surface area contributed by atoms with E-state index in [2.05, 4.69) is 10.1 Å². The molecular formula is C13H13N3O2. The van der Waals surface area contributed by atoms with E-state index in [0.29, 0.717) is 0 Å². The van der Waals surface area contributed by atoms with Crippen LogP contribution < -0.4 is 0 Å². The number of hydrogen-bond acceptors (Lipinski definition) is 4. The Morgan fingerprint density at radius 2 is 2.33 bits per heavy atom. The third-order valence-electron chi connectivity index (χ3n) is 2.38. The number of aromatic nitrogens is 2. The molecule has 1 heterocycles. The zero-order chi connectivity index (χ0) is 13.0. The van der Waals surface area contributed by atoms with E-state index in [1.165, 1.54) is 12.4 Å². The minimum atomic E-state index is -0.577. The van der Waals surface area contributed by atoms with Gasteiger partial charge in [0, 0.05) is 19.4 Å². The second kappa shape index (κ2) is 5.27. The molecule has 0 saturated heterocycles. The van der Waals surface area contributed by atoms with Gasteiger partial charge in [0.1, 0.15) is 0 Å². The molecule has 0 aliphatic heterocycles. The SMILES string of the molecule is Cc1cccc(C=NOC(=O)c2nccn2C)c1. The van der Waals surface area contributed by atoms with Crippen molar-refractivity contribution in [3.63, 3.8) is 0 Å². The van der Waals surface area contributed by atoms with Gasteiger partial charge in [0.05, 0.1) is 6.21 Å². The highest BCUT2D eigenvalue weighted by molar-refractivity contribution is 5.86. The number of aryl methyl sites for hydroxylation is 2. The lowest BCUT2D eigenvalue weighted by atomic mass is 10.2. The molecule has 0 unspecified atom stereocenters. The quantitative estimate of drug-likeness (QED) is 0.470. The molecule has 0 atom stereocenters. The molecule has 5 heteroatoms. The smallest absolute Gasteiger partial charge is 0.328 e. The van der Waals surface area contributed by atoms with Crippen molar-refractivity contribution < 1.29 is 9.63 Å². The first-order valence-corrected chi connectivity index (χ1v) is 5.45. The number of rotatable bonds is 3. The maximum atomic E-state index is 11.6. The van der Waals surface area contributed by atoms with E-state index >= 15 is 0 Å². The highest BCUT2D eigenvalue weighted by atomic mass is 16.7. The zero-order valence-corrected chi connectivity index (χ0v) is 10.2. The number of nitrogens with zero attached hydrogens (tertiary/aromatic N) is 3. The van der Waals surface area contributed by atoms with Gasteiger partial charge in [0.25, 0.3) is 0 Å². The Labute approximate surface area is 105 Å². The average molecular weight is 243 g/mol. The molecule has 2 aromatic rings. The van der Waals surface area contributed by atoms with Gasteiger partial charge in [0.15, 0.2) is 0 Å². The summed E-state index contributed by atoms with van der Waals surface area (Å²) in [6.07, 6.45) is 4.69. The third kappa shape index (κ3) is 2.82. The largest absolute Gasteiger partial charge is 0.400 e. The first-order chi connectivity index (χ1) is 8.66. The molecule has 0 fully saturated rings. The molecule has 0 amide bonds. The topological polar surface area (TPSA) is 56.5 Å². The highest BCUT2D eigenvalue weighted by Gasteiger charge is 2.11. The molecule has 0 bridgehead atoms. The van der Waals surface area contributed by atoms with Crippen LogP contribution in [0.4, 0.5) is 0 Å². The van der Waals surface area contributed by atoms with Crippen LogP contribution in [-0.2, 0) is 11.9 Å². The van der Waals surface area contributed by atoms with E-state index in [1.807, 2.05) is 31.2 Å². The molecule has 1 aromatic carbocycles. The Balaban J connectivity index is 2.00. The van der Waals surface area contributed by atoms with Crippen LogP contribution in [0.3, 0.4) is 0 Å². The lowest BCUT2D eigenvalue weighted by Gasteiger charge is -1.98. The second-order valence-electron chi connectivity index (χ2n) is 3.89. The number of benzene rings is 1. The Hall–Kier alpha value is -2.43. The number of carbonyl (C=O) groups excluding carboxylic acids is 1. The van der Waals surface area contributed by atoms with Crippen LogP contribution in [0.2, 0.25) is 0 Å². The lowest BCUT2D eigenvalue weighted by Crippen LogP contribution is -2.08. The number of carbonyl (C=O) groups is 1. The first kappa shape index (κ1) is 12.0. The van der Waals surface area contributed by atoms with Crippen molar-refractivity contribution in [3.8, 4) is 0 Å². The van der Waals surface area contributed by atoms with E-state index in [4.69, 9.17) is 4.84 Å². The standard InChI is InChI=1S/C13H13N3O2/c1-10-4-3-5-11(8-10)9-15-18-13(17)12-14-6-7-16(12)2/h3-9H,1-2H3. The maximum Gasteiger partial charge on any atom is 0.400 e. The van der Waals surface area contributed by atoms with Crippen LogP contribution >= 0.6 is 0 Å². The van der Waals surface area contributed by atoms with E-state index in [0.717, 1.165) is 11.1 Å². The van der Waals surface area contributed by atoms with Gasteiger partial charge >= 0.3 is 5.97 Å². The summed E-state index contributed by atoms with van der Waals surface area (Å²) in [6, 6.07) is 7.72. The van der Waals surface area contributed by atoms with Crippen LogP contribution in [0.25, 0.3) is 0 Å². The summed E-state index contributed by atoms with van der Waals surface area (Å²) in [5, 5.41) is 3.65. The van der Waals surface area contributed by atoms with Crippen LogP contribution in [0, 0.1) is 6.92 Å². The summed E-state index contributed by atoms with van der Waals surface area (Å²) in [7, 11) is 1.72. The second-order valence-corrected chi connectivity index (χ2v) is 3.89. The molecule has 1 aromatic heterocycles. The van der Waals surface area contributed by atoms with Gasteiger partial charge in [-0.1, -0.05) is 35.0 Å². The van der Waals surface area contributed by atoms with Crippen molar-refractivity contribution in [1.82, 2.24) is 9.55 Å². The fourth-order valence-corrected chi connectivity index (χ4v) is 1.49. The summed E-state index contributed by atoms with van der Waals surface area (Å²) in [6.45, 7) is 1.98. The molecule has 0 spiro atoms. The Morgan fingerprint density at radius 3 is 3.00 bits per heavy atom. The Kier molecular flexibility index (Phi) is 3.52.